The zero-order valence-corrected chi connectivity index (χ0v) is 31.6. The quantitative estimate of drug-likeness (QED) is 0.0475. The molecular weight excluding hydrogens is 858 g/mol. The highest BCUT2D eigenvalue weighted by Gasteiger charge is 3.23. The zero-order valence-electron chi connectivity index (χ0n) is 31.6. The van der Waals surface area contributed by atoms with Crippen LogP contribution in [0.25, 0.3) is 0 Å². The van der Waals surface area contributed by atoms with Gasteiger partial charge in [-0.05, 0) is 12.8 Å². The fourth-order valence-electron chi connectivity index (χ4n) is 7.76. The maximum Gasteiger partial charge on any atom is 0.339 e. The van der Waals surface area contributed by atoms with Crippen LogP contribution in [0, 0.1) is 10.8 Å². The molecule has 0 spiro atoms. The van der Waals surface area contributed by atoms with Gasteiger partial charge in [0.25, 0.3) is 11.2 Å². The second-order valence-corrected chi connectivity index (χ2v) is 14.5. The third-order valence-electron chi connectivity index (χ3n) is 10.7. The van der Waals surface area contributed by atoms with Gasteiger partial charge >= 0.3 is 70.7 Å². The Morgan fingerprint density at radius 3 is 0.850 bits per heavy atom. The Kier molecular flexibility index (Phi) is 13.3. The molecule has 10 nitrogen and oxygen atoms in total. The van der Waals surface area contributed by atoms with Gasteiger partial charge in [0.1, 0.15) is 26.4 Å². The van der Waals surface area contributed by atoms with E-state index in [0.717, 1.165) is 0 Å². The minimum atomic E-state index is -8.00. The van der Waals surface area contributed by atoms with Crippen LogP contribution in [0.1, 0.15) is 39.5 Å². The van der Waals surface area contributed by atoms with Crippen molar-refractivity contribution in [2.24, 2.45) is 10.8 Å². The van der Waals surface area contributed by atoms with Crippen molar-refractivity contribution >= 4 is 23.9 Å². The molecule has 0 amide bonds. The smallest absolute Gasteiger partial charge is 0.339 e. The molecule has 0 aromatic rings. The van der Waals surface area contributed by atoms with E-state index in [2.05, 4.69) is 35.8 Å². The maximum atomic E-state index is 17.2. The Morgan fingerprint density at radius 1 is 0.417 bits per heavy atom. The molecule has 4 fully saturated rings. The molecule has 0 heterocycles. The highest BCUT2D eigenvalue weighted by Crippen LogP contribution is 2.88. The number of alkyl halides is 14. The lowest BCUT2D eigenvalue weighted by atomic mass is 9.39. The molecule has 0 N–H and O–H groups in total. The van der Waals surface area contributed by atoms with Crippen LogP contribution >= 0.6 is 0 Å². The molecule has 4 rings (SSSR count). The first-order valence-corrected chi connectivity index (χ1v) is 17.4. The van der Waals surface area contributed by atoms with Gasteiger partial charge in [-0.15, -0.1) is 0 Å². The van der Waals surface area contributed by atoms with Crippen LogP contribution in [0.3, 0.4) is 0 Å². The van der Waals surface area contributed by atoms with Crippen LogP contribution in [0.15, 0.2) is 50.6 Å². The van der Waals surface area contributed by atoms with Crippen molar-refractivity contribution in [3.8, 4) is 0 Å². The molecular formula is C36H38F14O10. The molecule has 0 aromatic heterocycles. The number of hydrogen-bond donors (Lipinski definition) is 0. The standard InChI is InChI=1S/C36H38F14O10/c1-7-13-25(15-55-21(51)9-3,16-56-22(52)10-4)19-59-29-32(41,42)27(37)31(39,40)28(38,33(29,43)44)35(47,48)30(34(27,45)46,36(29,49)50)60-20-26(14-8-2,17-57-23(53)11-5)18-58-24(54)12-6/h9-12H,3-8,13-20H2,1-2H3. The van der Waals surface area contributed by atoms with E-state index in [1.54, 1.807) is 0 Å². The molecule has 0 radical (unpaired) electrons. The summed E-state index contributed by atoms with van der Waals surface area (Å²) in [6, 6.07) is 0. The van der Waals surface area contributed by atoms with Crippen molar-refractivity contribution in [3.05, 3.63) is 50.6 Å². The normalized spacial score (nSPS) is 29.7. The molecule has 340 valence electrons. The fraction of sp³-hybridized carbons (Fsp3) is 0.667. The zero-order chi connectivity index (χ0) is 46.5. The van der Waals surface area contributed by atoms with Crippen molar-refractivity contribution < 1.29 is 109 Å². The summed E-state index contributed by atoms with van der Waals surface area (Å²) < 4.78 is 259. The predicted octanol–water partition coefficient (Wildman–Crippen LogP) is 7.26. The lowest BCUT2D eigenvalue weighted by molar-refractivity contribution is -0.631. The number of halogens is 14. The molecule has 0 aromatic carbocycles. The number of hydrogen-bond acceptors (Lipinski definition) is 10. The van der Waals surface area contributed by atoms with E-state index in [9.17, 15) is 19.2 Å². The van der Waals surface area contributed by atoms with Crippen LogP contribution < -0.4 is 0 Å². The molecule has 60 heavy (non-hydrogen) atoms. The summed E-state index contributed by atoms with van der Waals surface area (Å²) in [5.74, 6) is -52.6. The molecule has 0 aliphatic heterocycles. The van der Waals surface area contributed by atoms with Crippen molar-refractivity contribution in [1.82, 2.24) is 0 Å². The van der Waals surface area contributed by atoms with Gasteiger partial charge in [0.05, 0.1) is 24.0 Å². The van der Waals surface area contributed by atoms with Gasteiger partial charge in [0.15, 0.2) is 0 Å². The van der Waals surface area contributed by atoms with E-state index in [4.69, 9.17) is 18.9 Å². The molecule has 0 saturated heterocycles. The van der Waals surface area contributed by atoms with Crippen LogP contribution in [-0.4, -0.2) is 122 Å². The number of carbonyl (C=O) groups is 4. The van der Waals surface area contributed by atoms with Crippen LogP contribution in [0.5, 0.6) is 0 Å². The highest BCUT2D eigenvalue weighted by molar-refractivity contribution is 5.82. The largest absolute Gasteiger partial charge is 0.462 e. The van der Waals surface area contributed by atoms with E-state index in [1.165, 1.54) is 13.8 Å². The lowest BCUT2D eigenvalue weighted by Gasteiger charge is -2.76. The number of esters is 4. The summed E-state index contributed by atoms with van der Waals surface area (Å²) in [5.41, 5.74) is -35.4. The first-order valence-electron chi connectivity index (χ1n) is 17.4. The number of rotatable bonds is 22. The molecule has 4 aliphatic carbocycles. The van der Waals surface area contributed by atoms with E-state index >= 15 is 61.5 Å². The van der Waals surface area contributed by atoms with Crippen molar-refractivity contribution in [1.29, 1.82) is 0 Å². The van der Waals surface area contributed by atoms with E-state index in [-0.39, 0.29) is 12.8 Å². The first kappa shape index (κ1) is 50.1. The van der Waals surface area contributed by atoms with Crippen LogP contribution in [0.2, 0.25) is 0 Å². The van der Waals surface area contributed by atoms with Gasteiger partial charge in [-0.25, -0.2) is 28.0 Å². The minimum absolute atomic E-state index is 0.370. The first-order chi connectivity index (χ1) is 27.4. The minimum Gasteiger partial charge on any atom is -0.462 e. The Bertz CT molecular complexity index is 1550. The summed E-state index contributed by atoms with van der Waals surface area (Å²) in [6.45, 7) is 3.91. The van der Waals surface area contributed by atoms with E-state index < -0.39 is 145 Å². The predicted molar refractivity (Wildman–Crippen MR) is 174 cm³/mol. The summed E-state index contributed by atoms with van der Waals surface area (Å²) in [6.07, 6.45) is -0.723. The van der Waals surface area contributed by atoms with E-state index in [0.29, 0.717) is 24.3 Å². The molecule has 4 saturated carbocycles. The van der Waals surface area contributed by atoms with Gasteiger partial charge < -0.3 is 28.4 Å². The molecule has 24 heteroatoms. The van der Waals surface area contributed by atoms with Gasteiger partial charge in [-0.3, -0.25) is 0 Å². The average Bonchev–Trinajstić information content (AvgIpc) is 3.17. The summed E-state index contributed by atoms with van der Waals surface area (Å²) >= 11 is 0. The Labute approximate surface area is 331 Å². The second kappa shape index (κ2) is 15.9. The third-order valence-corrected chi connectivity index (χ3v) is 10.7. The lowest BCUT2D eigenvalue weighted by Crippen LogP contribution is -3.11. The van der Waals surface area contributed by atoms with Crippen molar-refractivity contribution in [2.45, 2.75) is 97.6 Å². The van der Waals surface area contributed by atoms with Crippen molar-refractivity contribution in [2.75, 3.05) is 39.6 Å². The van der Waals surface area contributed by atoms with Gasteiger partial charge in [0.2, 0.25) is 0 Å². The molecule has 0 atom stereocenters. The fourth-order valence-corrected chi connectivity index (χ4v) is 7.76. The summed E-state index contributed by atoms with van der Waals surface area (Å²) in [7, 11) is 0. The van der Waals surface area contributed by atoms with Gasteiger partial charge in [0, 0.05) is 24.3 Å². The monoisotopic (exact) mass is 896 g/mol. The second-order valence-electron chi connectivity index (χ2n) is 14.5. The van der Waals surface area contributed by atoms with Gasteiger partial charge in [-0.2, -0.15) is 52.7 Å². The number of ether oxygens (including phenoxy) is 6. The summed E-state index contributed by atoms with van der Waals surface area (Å²) in [4.78, 5) is 47.8. The van der Waals surface area contributed by atoms with Crippen molar-refractivity contribution in [3.63, 3.8) is 0 Å². The Hall–Kier alpha value is -4.22. The Balaban J connectivity index is 2.51. The topological polar surface area (TPSA) is 124 Å². The van der Waals surface area contributed by atoms with Crippen LogP contribution in [0.4, 0.5) is 61.5 Å². The SMILES string of the molecule is C=CC(=O)OCC(CCC)(COC(=O)C=C)COC12C(F)(F)C3(F)C(F)(F)C(F)(C1(F)F)C(F)(F)C(OCC(CCC)(COC(=O)C=C)COC(=O)C=C)(C3(F)F)C2(F)F. The molecule has 4 aliphatic rings. The average molecular weight is 897 g/mol. The maximum absolute atomic E-state index is 17.2. The summed E-state index contributed by atoms with van der Waals surface area (Å²) in [5, 5.41) is 0. The third kappa shape index (κ3) is 6.02. The van der Waals surface area contributed by atoms with E-state index in [1.807, 2.05) is 0 Å². The highest BCUT2D eigenvalue weighted by atomic mass is 19.3. The van der Waals surface area contributed by atoms with Crippen LogP contribution in [-0.2, 0) is 47.6 Å². The molecule has 0 unspecified atom stereocenters. The Morgan fingerprint density at radius 2 is 0.650 bits per heavy atom. The molecule has 4 bridgehead atoms. The van der Waals surface area contributed by atoms with Gasteiger partial charge in [-0.1, -0.05) is 53.0 Å². The number of carbonyl (C=O) groups excluding carboxylic acids is 4.